The molecule has 0 spiro atoms. The van der Waals surface area contributed by atoms with Crippen molar-refractivity contribution in [1.82, 2.24) is 4.98 Å². The fourth-order valence-corrected chi connectivity index (χ4v) is 3.73. The summed E-state index contributed by atoms with van der Waals surface area (Å²) in [7, 11) is -3.08. The number of pyridine rings is 1. The maximum atomic E-state index is 11.6. The van der Waals surface area contributed by atoms with Crippen LogP contribution in [0.2, 0.25) is 0 Å². The summed E-state index contributed by atoms with van der Waals surface area (Å²) in [5.74, 6) is 0.142. The molecule has 0 radical (unpaired) electrons. The SMILES string of the molecule is CCS(=O)(=O)c1ccc(-c2ccncc2)s1. The van der Waals surface area contributed by atoms with E-state index in [0.29, 0.717) is 4.21 Å². The second-order valence-electron chi connectivity index (χ2n) is 3.26. The first-order valence-electron chi connectivity index (χ1n) is 4.86. The Morgan fingerprint density at radius 2 is 1.88 bits per heavy atom. The van der Waals surface area contributed by atoms with Gasteiger partial charge in [-0.25, -0.2) is 8.42 Å². The van der Waals surface area contributed by atoms with Crippen LogP contribution >= 0.6 is 11.3 Å². The van der Waals surface area contributed by atoms with Crippen molar-refractivity contribution in [3.05, 3.63) is 36.7 Å². The molecule has 5 heteroatoms. The fraction of sp³-hybridized carbons (Fsp3) is 0.182. The van der Waals surface area contributed by atoms with Gasteiger partial charge in [0, 0.05) is 17.3 Å². The number of hydrogen-bond acceptors (Lipinski definition) is 4. The second kappa shape index (κ2) is 4.35. The van der Waals surface area contributed by atoms with E-state index in [4.69, 9.17) is 0 Å². The number of sulfone groups is 1. The molecule has 0 saturated heterocycles. The van der Waals surface area contributed by atoms with Crippen molar-refractivity contribution in [3.8, 4) is 10.4 Å². The molecule has 0 aliphatic carbocycles. The van der Waals surface area contributed by atoms with E-state index in [-0.39, 0.29) is 5.75 Å². The van der Waals surface area contributed by atoms with Gasteiger partial charge in [-0.3, -0.25) is 4.98 Å². The number of aromatic nitrogens is 1. The number of thiophene rings is 1. The monoisotopic (exact) mass is 253 g/mol. The van der Waals surface area contributed by atoms with Crippen molar-refractivity contribution in [2.24, 2.45) is 0 Å². The second-order valence-corrected chi connectivity index (χ2v) is 6.85. The first kappa shape index (κ1) is 11.3. The number of rotatable bonds is 3. The number of nitrogens with zero attached hydrogens (tertiary/aromatic N) is 1. The Labute approximate surface area is 98.7 Å². The maximum Gasteiger partial charge on any atom is 0.187 e. The van der Waals surface area contributed by atoms with Crippen molar-refractivity contribution in [1.29, 1.82) is 0 Å². The lowest BCUT2D eigenvalue weighted by molar-refractivity contribution is 0.599. The van der Waals surface area contributed by atoms with Gasteiger partial charge in [-0.2, -0.15) is 0 Å². The first-order chi connectivity index (χ1) is 7.63. The zero-order valence-electron chi connectivity index (χ0n) is 8.75. The number of hydrogen-bond donors (Lipinski definition) is 0. The van der Waals surface area contributed by atoms with Gasteiger partial charge < -0.3 is 0 Å². The van der Waals surface area contributed by atoms with Gasteiger partial charge in [-0.05, 0) is 29.8 Å². The van der Waals surface area contributed by atoms with Crippen molar-refractivity contribution in [2.75, 3.05) is 5.75 Å². The standard InChI is InChI=1S/C11H11NO2S2/c1-2-16(13,14)11-4-3-10(15-11)9-5-7-12-8-6-9/h3-8H,2H2,1H3. The summed E-state index contributed by atoms with van der Waals surface area (Å²) in [5.41, 5.74) is 0.998. The highest BCUT2D eigenvalue weighted by Gasteiger charge is 2.14. The van der Waals surface area contributed by atoms with Gasteiger partial charge in [-0.1, -0.05) is 6.92 Å². The molecular formula is C11H11NO2S2. The van der Waals surface area contributed by atoms with Crippen LogP contribution in [-0.2, 0) is 9.84 Å². The fourth-order valence-electron chi connectivity index (χ4n) is 1.30. The van der Waals surface area contributed by atoms with Crippen molar-refractivity contribution >= 4 is 21.2 Å². The van der Waals surface area contributed by atoms with Crippen molar-refractivity contribution < 1.29 is 8.42 Å². The predicted molar refractivity (Wildman–Crippen MR) is 65.3 cm³/mol. The Balaban J connectivity index is 2.42. The van der Waals surface area contributed by atoms with Gasteiger partial charge in [-0.15, -0.1) is 11.3 Å². The van der Waals surface area contributed by atoms with Crippen LogP contribution in [0.1, 0.15) is 6.92 Å². The minimum Gasteiger partial charge on any atom is -0.265 e. The van der Waals surface area contributed by atoms with E-state index in [1.807, 2.05) is 18.2 Å². The van der Waals surface area contributed by atoms with Crippen LogP contribution in [0.15, 0.2) is 40.9 Å². The Hall–Kier alpha value is -1.20. The highest BCUT2D eigenvalue weighted by molar-refractivity contribution is 7.93. The van der Waals surface area contributed by atoms with Gasteiger partial charge in [0.25, 0.3) is 0 Å². The van der Waals surface area contributed by atoms with E-state index in [1.54, 1.807) is 25.4 Å². The quantitative estimate of drug-likeness (QED) is 0.844. The van der Waals surface area contributed by atoms with Crippen LogP contribution < -0.4 is 0 Å². The summed E-state index contributed by atoms with van der Waals surface area (Å²) in [5, 5.41) is 0. The molecule has 2 aromatic heterocycles. The molecule has 0 aliphatic heterocycles. The molecule has 2 rings (SSSR count). The van der Waals surface area contributed by atoms with Gasteiger partial charge in [0.15, 0.2) is 9.84 Å². The largest absolute Gasteiger partial charge is 0.265 e. The Kier molecular flexibility index (Phi) is 3.07. The molecule has 0 N–H and O–H groups in total. The molecule has 2 heterocycles. The summed E-state index contributed by atoms with van der Waals surface area (Å²) in [6, 6.07) is 7.24. The first-order valence-corrected chi connectivity index (χ1v) is 7.33. The molecule has 0 bridgehead atoms. The van der Waals surface area contributed by atoms with E-state index in [1.165, 1.54) is 11.3 Å². The molecule has 3 nitrogen and oxygen atoms in total. The summed E-state index contributed by atoms with van der Waals surface area (Å²) in [6.45, 7) is 1.65. The molecular weight excluding hydrogens is 242 g/mol. The van der Waals surface area contributed by atoms with Crippen molar-refractivity contribution in [3.63, 3.8) is 0 Å². The lowest BCUT2D eigenvalue weighted by atomic mass is 10.2. The average Bonchev–Trinajstić information content (AvgIpc) is 2.80. The van der Waals surface area contributed by atoms with E-state index in [2.05, 4.69) is 4.98 Å². The minimum absolute atomic E-state index is 0.142. The van der Waals surface area contributed by atoms with E-state index < -0.39 is 9.84 Å². The van der Waals surface area contributed by atoms with Gasteiger partial charge in [0.1, 0.15) is 4.21 Å². The van der Waals surface area contributed by atoms with E-state index in [0.717, 1.165) is 10.4 Å². The summed E-state index contributed by atoms with van der Waals surface area (Å²) in [6.07, 6.45) is 3.39. The molecule has 0 aromatic carbocycles. The molecule has 84 valence electrons. The summed E-state index contributed by atoms with van der Waals surface area (Å²) >= 11 is 1.30. The van der Waals surface area contributed by atoms with Crippen LogP contribution in [0.25, 0.3) is 10.4 Å². The Morgan fingerprint density at radius 3 is 2.50 bits per heavy atom. The molecule has 0 aliphatic rings. The van der Waals surface area contributed by atoms with Gasteiger partial charge in [0.2, 0.25) is 0 Å². The van der Waals surface area contributed by atoms with Gasteiger partial charge in [0.05, 0.1) is 5.75 Å². The lowest BCUT2D eigenvalue weighted by Crippen LogP contribution is -2.00. The summed E-state index contributed by atoms with van der Waals surface area (Å²) < 4.78 is 23.7. The minimum atomic E-state index is -3.08. The van der Waals surface area contributed by atoms with Crippen LogP contribution in [-0.4, -0.2) is 19.2 Å². The lowest BCUT2D eigenvalue weighted by Gasteiger charge is -1.96. The van der Waals surface area contributed by atoms with Crippen LogP contribution in [0.3, 0.4) is 0 Å². The van der Waals surface area contributed by atoms with Crippen LogP contribution in [0.5, 0.6) is 0 Å². The molecule has 0 atom stereocenters. The zero-order valence-corrected chi connectivity index (χ0v) is 10.4. The molecule has 0 fully saturated rings. The topological polar surface area (TPSA) is 47.0 Å². The van der Waals surface area contributed by atoms with Crippen LogP contribution in [0, 0.1) is 0 Å². The van der Waals surface area contributed by atoms with E-state index in [9.17, 15) is 8.42 Å². The zero-order chi connectivity index (χ0) is 11.6. The third-order valence-electron chi connectivity index (χ3n) is 2.23. The highest BCUT2D eigenvalue weighted by atomic mass is 32.2. The third-order valence-corrected chi connectivity index (χ3v) is 5.68. The average molecular weight is 253 g/mol. The Morgan fingerprint density at radius 1 is 1.19 bits per heavy atom. The summed E-state index contributed by atoms with van der Waals surface area (Å²) in [4.78, 5) is 4.88. The molecule has 2 aromatic rings. The molecule has 0 saturated carbocycles. The van der Waals surface area contributed by atoms with Crippen molar-refractivity contribution in [2.45, 2.75) is 11.1 Å². The third kappa shape index (κ3) is 2.15. The molecule has 0 amide bonds. The molecule has 16 heavy (non-hydrogen) atoms. The van der Waals surface area contributed by atoms with Crippen LogP contribution in [0.4, 0.5) is 0 Å². The predicted octanol–water partition coefficient (Wildman–Crippen LogP) is 2.60. The smallest absolute Gasteiger partial charge is 0.187 e. The maximum absolute atomic E-state index is 11.6. The van der Waals surface area contributed by atoms with E-state index >= 15 is 0 Å². The Bertz CT molecular complexity index is 573. The van der Waals surface area contributed by atoms with Gasteiger partial charge >= 0.3 is 0 Å². The molecule has 0 unspecified atom stereocenters. The normalized spacial score (nSPS) is 11.6. The highest BCUT2D eigenvalue weighted by Crippen LogP contribution is 2.30.